The molecule has 7 heteroatoms. The Morgan fingerprint density at radius 2 is 1.81 bits per heavy atom. The van der Waals surface area contributed by atoms with Gasteiger partial charge in [0.25, 0.3) is 0 Å². The number of carbonyl (C=O) groups is 2. The number of hydrogen-bond donors (Lipinski definition) is 2. The number of carboxylic acids is 1. The van der Waals surface area contributed by atoms with Crippen LogP contribution in [0.4, 0.5) is 14.5 Å². The van der Waals surface area contributed by atoms with E-state index in [1.165, 1.54) is 11.0 Å². The molecule has 0 radical (unpaired) electrons. The Morgan fingerprint density at radius 3 is 2.29 bits per heavy atom. The van der Waals surface area contributed by atoms with Gasteiger partial charge < -0.3 is 10.4 Å². The number of nitrogens with one attached hydrogen (secondary N) is 1. The second-order valence-corrected chi connectivity index (χ2v) is 5.60. The number of halogens is 2. The van der Waals surface area contributed by atoms with Gasteiger partial charge in [0.1, 0.15) is 0 Å². The quantitative estimate of drug-likeness (QED) is 0.873. The molecule has 0 heterocycles. The third-order valence-corrected chi connectivity index (χ3v) is 2.81. The van der Waals surface area contributed by atoms with Gasteiger partial charge in [-0.15, -0.1) is 0 Å². The van der Waals surface area contributed by atoms with Crippen molar-refractivity contribution in [3.8, 4) is 0 Å². The van der Waals surface area contributed by atoms with Crippen molar-refractivity contribution in [3.63, 3.8) is 0 Å². The normalized spacial score (nSPS) is 11.5. The van der Waals surface area contributed by atoms with Crippen LogP contribution in [0.1, 0.15) is 20.8 Å². The lowest BCUT2D eigenvalue weighted by atomic mass is 10.1. The molecule has 0 aliphatic rings. The van der Waals surface area contributed by atoms with Crippen molar-refractivity contribution in [2.75, 3.05) is 18.4 Å². The molecule has 0 bridgehead atoms. The highest BCUT2D eigenvalue weighted by molar-refractivity contribution is 5.92. The summed E-state index contributed by atoms with van der Waals surface area (Å²) in [5.74, 6) is -3.62. The Balaban J connectivity index is 2.73. The lowest BCUT2D eigenvalue weighted by Gasteiger charge is -2.33. The minimum absolute atomic E-state index is 0.114. The van der Waals surface area contributed by atoms with Gasteiger partial charge in [0, 0.05) is 17.3 Å². The van der Waals surface area contributed by atoms with E-state index < -0.39 is 29.0 Å². The van der Waals surface area contributed by atoms with Crippen LogP contribution in [0.15, 0.2) is 18.2 Å². The van der Waals surface area contributed by atoms with Gasteiger partial charge in [-0.3, -0.25) is 14.5 Å². The number of hydrogen-bond acceptors (Lipinski definition) is 3. The zero-order valence-corrected chi connectivity index (χ0v) is 12.1. The van der Waals surface area contributed by atoms with E-state index in [1.807, 2.05) is 0 Å². The van der Waals surface area contributed by atoms with Gasteiger partial charge >= 0.3 is 5.97 Å². The Hall–Kier alpha value is -2.02. The molecule has 1 aromatic rings. The van der Waals surface area contributed by atoms with Gasteiger partial charge in [0.05, 0.1) is 13.1 Å². The van der Waals surface area contributed by atoms with Crippen molar-refractivity contribution < 1.29 is 23.5 Å². The van der Waals surface area contributed by atoms with Gasteiger partial charge in [0.15, 0.2) is 11.6 Å². The van der Waals surface area contributed by atoms with E-state index in [2.05, 4.69) is 5.32 Å². The molecule has 0 aliphatic carbocycles. The molecule has 5 nitrogen and oxygen atoms in total. The number of anilines is 1. The van der Waals surface area contributed by atoms with Crippen molar-refractivity contribution >= 4 is 17.6 Å². The number of carbonyl (C=O) groups excluding carboxylic acids is 1. The van der Waals surface area contributed by atoms with Crippen molar-refractivity contribution in [1.82, 2.24) is 4.90 Å². The fourth-order valence-electron chi connectivity index (χ4n) is 1.64. The summed E-state index contributed by atoms with van der Waals surface area (Å²) < 4.78 is 25.8. The minimum Gasteiger partial charge on any atom is -0.480 e. The maximum absolute atomic E-state index is 13.0. The van der Waals surface area contributed by atoms with Gasteiger partial charge in [-0.1, -0.05) is 0 Å². The summed E-state index contributed by atoms with van der Waals surface area (Å²) in [7, 11) is 0. The number of nitrogens with zero attached hydrogens (tertiary/aromatic N) is 1. The number of amides is 1. The number of aliphatic carboxylic acids is 1. The first-order chi connectivity index (χ1) is 9.59. The second-order valence-electron chi connectivity index (χ2n) is 5.60. The first-order valence-corrected chi connectivity index (χ1v) is 6.31. The zero-order valence-electron chi connectivity index (χ0n) is 12.1. The predicted molar refractivity (Wildman–Crippen MR) is 73.9 cm³/mol. The average Bonchev–Trinajstić information content (AvgIpc) is 2.31. The SMILES string of the molecule is CC(C)(C)N(CC(=O)O)CC(=O)Nc1ccc(F)c(F)c1. The largest absolute Gasteiger partial charge is 0.480 e. The molecule has 2 N–H and O–H groups in total. The topological polar surface area (TPSA) is 69.6 Å². The van der Waals surface area contributed by atoms with Gasteiger partial charge in [-0.2, -0.15) is 0 Å². The zero-order chi connectivity index (χ0) is 16.2. The Bertz CT molecular complexity index is 542. The summed E-state index contributed by atoms with van der Waals surface area (Å²) in [5, 5.41) is 11.3. The van der Waals surface area contributed by atoms with E-state index in [1.54, 1.807) is 20.8 Å². The molecule has 0 fully saturated rings. The highest BCUT2D eigenvalue weighted by atomic mass is 19.2. The molecular weight excluding hydrogens is 282 g/mol. The molecule has 0 spiro atoms. The molecule has 1 aromatic carbocycles. The molecule has 0 unspecified atom stereocenters. The summed E-state index contributed by atoms with van der Waals surface area (Å²) in [6.45, 7) is 4.87. The molecule has 0 aliphatic heterocycles. The van der Waals surface area contributed by atoms with E-state index >= 15 is 0 Å². The van der Waals surface area contributed by atoms with E-state index in [4.69, 9.17) is 5.11 Å². The van der Waals surface area contributed by atoms with Gasteiger partial charge in [-0.25, -0.2) is 8.78 Å². The van der Waals surface area contributed by atoms with Crippen LogP contribution in [-0.4, -0.2) is 40.5 Å². The van der Waals surface area contributed by atoms with Crippen LogP contribution >= 0.6 is 0 Å². The van der Waals surface area contributed by atoms with E-state index in [-0.39, 0.29) is 18.8 Å². The van der Waals surface area contributed by atoms with Crippen molar-refractivity contribution in [2.24, 2.45) is 0 Å². The summed E-state index contributed by atoms with van der Waals surface area (Å²) in [4.78, 5) is 24.2. The molecule has 0 atom stereocenters. The lowest BCUT2D eigenvalue weighted by molar-refractivity contribution is -0.140. The standard InChI is InChI=1S/C14H18F2N2O3/c1-14(2,3)18(8-13(20)21)7-12(19)17-9-4-5-10(15)11(16)6-9/h4-6H,7-8H2,1-3H3,(H,17,19)(H,20,21). The number of rotatable bonds is 5. The Kier molecular flexibility index (Phi) is 5.37. The van der Waals surface area contributed by atoms with Crippen LogP contribution in [0.5, 0.6) is 0 Å². The highest BCUT2D eigenvalue weighted by Crippen LogP contribution is 2.15. The third-order valence-electron chi connectivity index (χ3n) is 2.81. The number of carboxylic acid groups (broad SMARTS) is 1. The maximum Gasteiger partial charge on any atom is 0.317 e. The minimum atomic E-state index is -1.06. The molecule has 116 valence electrons. The Morgan fingerprint density at radius 1 is 1.19 bits per heavy atom. The first-order valence-electron chi connectivity index (χ1n) is 6.31. The van der Waals surface area contributed by atoms with Gasteiger partial charge in [-0.05, 0) is 32.9 Å². The monoisotopic (exact) mass is 300 g/mol. The van der Waals surface area contributed by atoms with E-state index in [0.717, 1.165) is 12.1 Å². The predicted octanol–water partition coefficient (Wildman–Crippen LogP) is 2.09. The molecule has 0 saturated heterocycles. The Labute approximate surface area is 121 Å². The van der Waals surface area contributed by atoms with Crippen molar-refractivity contribution in [1.29, 1.82) is 0 Å². The van der Waals surface area contributed by atoms with Gasteiger partial charge in [0.2, 0.25) is 5.91 Å². The summed E-state index contributed by atoms with van der Waals surface area (Å²) in [5.41, 5.74) is -0.410. The summed E-state index contributed by atoms with van der Waals surface area (Å²) in [6.07, 6.45) is 0. The maximum atomic E-state index is 13.0. The van der Waals surface area contributed by atoms with Crippen molar-refractivity contribution in [3.05, 3.63) is 29.8 Å². The first kappa shape index (κ1) is 17.0. The van der Waals surface area contributed by atoms with Crippen LogP contribution in [-0.2, 0) is 9.59 Å². The fraction of sp³-hybridized carbons (Fsp3) is 0.429. The number of benzene rings is 1. The molecule has 1 amide bonds. The fourth-order valence-corrected chi connectivity index (χ4v) is 1.64. The van der Waals surface area contributed by atoms with Crippen LogP contribution in [0.3, 0.4) is 0 Å². The average molecular weight is 300 g/mol. The van der Waals surface area contributed by atoms with E-state index in [0.29, 0.717) is 0 Å². The third kappa shape index (κ3) is 5.47. The van der Waals surface area contributed by atoms with Crippen LogP contribution in [0, 0.1) is 11.6 Å². The molecule has 0 saturated carbocycles. The summed E-state index contributed by atoms with van der Waals surface area (Å²) >= 11 is 0. The lowest BCUT2D eigenvalue weighted by Crippen LogP contribution is -2.48. The molecule has 0 aromatic heterocycles. The second kappa shape index (κ2) is 6.62. The van der Waals surface area contributed by atoms with E-state index in [9.17, 15) is 18.4 Å². The molecule has 21 heavy (non-hydrogen) atoms. The molecule has 1 rings (SSSR count). The molecular formula is C14H18F2N2O3. The highest BCUT2D eigenvalue weighted by Gasteiger charge is 2.25. The van der Waals surface area contributed by atoms with Crippen LogP contribution in [0.2, 0.25) is 0 Å². The smallest absolute Gasteiger partial charge is 0.317 e. The van der Waals surface area contributed by atoms with Crippen molar-refractivity contribution in [2.45, 2.75) is 26.3 Å². The van der Waals surface area contributed by atoms with Crippen LogP contribution in [0.25, 0.3) is 0 Å². The summed E-state index contributed by atoms with van der Waals surface area (Å²) in [6, 6.07) is 3.00. The van der Waals surface area contributed by atoms with Crippen LogP contribution < -0.4 is 5.32 Å².